The van der Waals surface area contributed by atoms with Gasteiger partial charge < -0.3 is 24.1 Å². The summed E-state index contributed by atoms with van der Waals surface area (Å²) >= 11 is 2.05. The molecule has 9 heteroatoms. The van der Waals surface area contributed by atoms with Crippen molar-refractivity contribution in [3.8, 4) is 11.5 Å². The lowest BCUT2D eigenvalue weighted by atomic mass is 10.1. The number of hydrogen-bond acceptors (Lipinski definition) is 7. The van der Waals surface area contributed by atoms with E-state index in [-0.39, 0.29) is 17.7 Å². The Bertz CT molecular complexity index is 961. The fourth-order valence-corrected chi connectivity index (χ4v) is 3.23. The van der Waals surface area contributed by atoms with Gasteiger partial charge in [-0.2, -0.15) is 0 Å². The molecule has 1 N–H and O–H groups in total. The number of halogens is 1. The minimum atomic E-state index is -0.999. The van der Waals surface area contributed by atoms with Gasteiger partial charge in [0.25, 0.3) is 0 Å². The number of methoxy groups -OCH3 is 3. The van der Waals surface area contributed by atoms with Gasteiger partial charge >= 0.3 is 17.9 Å². The zero-order valence-corrected chi connectivity index (χ0v) is 18.6. The summed E-state index contributed by atoms with van der Waals surface area (Å²) in [6, 6.07) is 9.64. The number of carbonyl (C=O) groups excluding carboxylic acids is 2. The fourth-order valence-electron chi connectivity index (χ4n) is 2.45. The van der Waals surface area contributed by atoms with Crippen molar-refractivity contribution in [1.82, 2.24) is 0 Å². The van der Waals surface area contributed by atoms with Crippen LogP contribution in [0, 0.1) is 3.57 Å². The molecule has 2 rings (SSSR count). The van der Waals surface area contributed by atoms with Crippen LogP contribution in [-0.4, -0.2) is 44.3 Å². The summed E-state index contributed by atoms with van der Waals surface area (Å²) in [5, 5.41) is 8.97. The quantitative estimate of drug-likeness (QED) is 0.184. The molecule has 0 saturated heterocycles. The van der Waals surface area contributed by atoms with Crippen LogP contribution in [0.1, 0.15) is 21.5 Å². The average Bonchev–Trinajstić information content (AvgIpc) is 2.75. The number of aromatic carboxylic acids is 1. The Labute approximate surface area is 186 Å². The van der Waals surface area contributed by atoms with E-state index in [0.29, 0.717) is 20.6 Å². The predicted molar refractivity (Wildman–Crippen MR) is 115 cm³/mol. The summed E-state index contributed by atoms with van der Waals surface area (Å²) < 4.78 is 21.2. The van der Waals surface area contributed by atoms with Crippen molar-refractivity contribution in [1.29, 1.82) is 0 Å². The highest BCUT2D eigenvalue weighted by Gasteiger charge is 2.21. The Balaban J connectivity index is 2.30. The first kappa shape index (κ1) is 23.2. The number of esters is 2. The van der Waals surface area contributed by atoms with Crippen LogP contribution in [0.15, 0.2) is 42.0 Å². The molecule has 30 heavy (non-hydrogen) atoms. The molecule has 0 aliphatic carbocycles. The van der Waals surface area contributed by atoms with Crippen LogP contribution < -0.4 is 9.47 Å². The van der Waals surface area contributed by atoms with Crippen molar-refractivity contribution in [2.45, 2.75) is 6.61 Å². The number of hydrogen-bond donors (Lipinski definition) is 1. The fraction of sp³-hybridized carbons (Fsp3) is 0.190. The largest absolute Gasteiger partial charge is 0.493 e. The third-order valence-electron chi connectivity index (χ3n) is 3.96. The molecule has 0 atom stereocenters. The Hall–Kier alpha value is -3.08. The van der Waals surface area contributed by atoms with Crippen LogP contribution in [0.2, 0.25) is 0 Å². The first-order valence-electron chi connectivity index (χ1n) is 8.51. The monoisotopic (exact) mass is 526 g/mol. The third-order valence-corrected chi connectivity index (χ3v) is 4.76. The molecule has 0 aromatic heterocycles. The van der Waals surface area contributed by atoms with E-state index in [4.69, 9.17) is 14.6 Å². The van der Waals surface area contributed by atoms with Crippen molar-refractivity contribution in [2.24, 2.45) is 0 Å². The highest BCUT2D eigenvalue weighted by atomic mass is 127. The highest BCUT2D eigenvalue weighted by molar-refractivity contribution is 14.1. The van der Waals surface area contributed by atoms with Crippen LogP contribution in [0.25, 0.3) is 6.08 Å². The van der Waals surface area contributed by atoms with Gasteiger partial charge in [0, 0.05) is 0 Å². The van der Waals surface area contributed by atoms with Gasteiger partial charge in [0.05, 0.1) is 30.5 Å². The molecule has 0 amide bonds. The normalized spacial score (nSPS) is 10.0. The Morgan fingerprint density at radius 3 is 2.10 bits per heavy atom. The molecule has 0 spiro atoms. The van der Waals surface area contributed by atoms with Gasteiger partial charge in [-0.15, -0.1) is 0 Å². The van der Waals surface area contributed by atoms with E-state index in [1.807, 2.05) is 22.6 Å². The van der Waals surface area contributed by atoms with E-state index < -0.39 is 17.9 Å². The maximum Gasteiger partial charge on any atom is 0.345 e. The summed E-state index contributed by atoms with van der Waals surface area (Å²) in [6.07, 6.45) is 1.34. The van der Waals surface area contributed by atoms with Crippen molar-refractivity contribution in [2.75, 3.05) is 21.3 Å². The van der Waals surface area contributed by atoms with Crippen LogP contribution in [0.3, 0.4) is 0 Å². The molecule has 0 saturated carbocycles. The molecule has 0 aliphatic rings. The van der Waals surface area contributed by atoms with Gasteiger partial charge in [0.2, 0.25) is 0 Å². The topological polar surface area (TPSA) is 108 Å². The maximum absolute atomic E-state index is 11.9. The van der Waals surface area contributed by atoms with E-state index in [2.05, 4.69) is 9.47 Å². The Morgan fingerprint density at radius 2 is 1.60 bits per heavy atom. The first-order valence-corrected chi connectivity index (χ1v) is 9.59. The van der Waals surface area contributed by atoms with Crippen LogP contribution in [-0.2, 0) is 25.7 Å². The number of rotatable bonds is 8. The van der Waals surface area contributed by atoms with Gasteiger partial charge in [-0.25, -0.2) is 14.4 Å². The minimum Gasteiger partial charge on any atom is -0.493 e. The molecular formula is C21H19IO8. The molecule has 0 fully saturated rings. The first-order chi connectivity index (χ1) is 14.3. The predicted octanol–water partition coefficient (Wildman–Crippen LogP) is 3.31. The van der Waals surface area contributed by atoms with E-state index in [0.717, 1.165) is 5.56 Å². The summed E-state index contributed by atoms with van der Waals surface area (Å²) in [6.45, 7) is 0.191. The van der Waals surface area contributed by atoms with Crippen molar-refractivity contribution < 1.29 is 38.4 Å². The average molecular weight is 526 g/mol. The van der Waals surface area contributed by atoms with Gasteiger partial charge in [0.1, 0.15) is 12.2 Å². The second kappa shape index (κ2) is 10.6. The SMILES string of the molecule is COC(=O)C(=Cc1cc(I)c(OCc2ccc(C(=O)O)cc2)c(OC)c1)C(=O)OC. The molecular weight excluding hydrogens is 507 g/mol. The summed E-state index contributed by atoms with van der Waals surface area (Å²) in [7, 11) is 3.81. The second-order valence-electron chi connectivity index (χ2n) is 5.87. The van der Waals surface area contributed by atoms with Gasteiger partial charge in [-0.1, -0.05) is 12.1 Å². The smallest absolute Gasteiger partial charge is 0.345 e. The Morgan fingerprint density at radius 1 is 1.00 bits per heavy atom. The lowest BCUT2D eigenvalue weighted by molar-refractivity contribution is -0.143. The van der Waals surface area contributed by atoms with Crippen LogP contribution in [0.4, 0.5) is 0 Å². The number of benzene rings is 2. The number of carboxylic acid groups (broad SMARTS) is 1. The molecule has 158 valence electrons. The van der Waals surface area contributed by atoms with E-state index >= 15 is 0 Å². The molecule has 0 aliphatic heterocycles. The third kappa shape index (κ3) is 5.72. The van der Waals surface area contributed by atoms with E-state index in [1.54, 1.807) is 24.3 Å². The number of ether oxygens (including phenoxy) is 4. The van der Waals surface area contributed by atoms with E-state index in [1.165, 1.54) is 39.5 Å². The van der Waals surface area contributed by atoms with Crippen LogP contribution >= 0.6 is 22.6 Å². The van der Waals surface area contributed by atoms with Gasteiger partial charge in [-0.05, 0) is 64.1 Å². The summed E-state index contributed by atoms with van der Waals surface area (Å²) in [4.78, 5) is 34.7. The van der Waals surface area contributed by atoms with Gasteiger partial charge in [0.15, 0.2) is 11.5 Å². The summed E-state index contributed by atoms with van der Waals surface area (Å²) in [5.41, 5.74) is 1.22. The molecule has 2 aromatic rings. The zero-order valence-electron chi connectivity index (χ0n) is 16.4. The lowest BCUT2D eigenvalue weighted by Gasteiger charge is -2.14. The van der Waals surface area contributed by atoms with Crippen molar-refractivity contribution in [3.05, 3.63) is 62.2 Å². The molecule has 0 bridgehead atoms. The molecule has 0 radical (unpaired) electrons. The molecule has 0 unspecified atom stereocenters. The zero-order chi connectivity index (χ0) is 22.3. The minimum absolute atomic E-state index is 0.189. The maximum atomic E-state index is 11.9. The molecule has 0 heterocycles. The lowest BCUT2D eigenvalue weighted by Crippen LogP contribution is -2.15. The molecule has 8 nitrogen and oxygen atoms in total. The van der Waals surface area contributed by atoms with Crippen molar-refractivity contribution in [3.63, 3.8) is 0 Å². The number of carbonyl (C=O) groups is 3. The molecule has 2 aromatic carbocycles. The number of carboxylic acids is 1. The van der Waals surface area contributed by atoms with E-state index in [9.17, 15) is 14.4 Å². The highest BCUT2D eigenvalue weighted by Crippen LogP contribution is 2.35. The van der Waals surface area contributed by atoms with Gasteiger partial charge in [-0.3, -0.25) is 0 Å². The van der Waals surface area contributed by atoms with Crippen molar-refractivity contribution >= 4 is 46.6 Å². The van der Waals surface area contributed by atoms with Crippen LogP contribution in [0.5, 0.6) is 11.5 Å². The standard InChI is InChI=1S/C21H19IO8/c1-27-17-10-13(8-15(20(25)28-2)21(26)29-3)9-16(22)18(17)30-11-12-4-6-14(7-5-12)19(23)24/h4-10H,11H2,1-3H3,(H,23,24). The second-order valence-corrected chi connectivity index (χ2v) is 7.03. The summed E-state index contributed by atoms with van der Waals surface area (Å²) in [5.74, 6) is -1.78. The Kier molecular flexibility index (Phi) is 8.22.